The Morgan fingerprint density at radius 3 is 2.67 bits per heavy atom. The van der Waals surface area contributed by atoms with Crippen molar-refractivity contribution >= 4 is 18.6 Å². The zero-order valence-corrected chi connectivity index (χ0v) is 3.96. The Morgan fingerprint density at radius 1 is 1.67 bits per heavy atom. The molecule has 0 saturated heterocycles. The van der Waals surface area contributed by atoms with E-state index in [-0.39, 0.29) is 12.4 Å². The molecule has 0 spiro atoms. The van der Waals surface area contributed by atoms with Gasteiger partial charge in [0.15, 0.2) is 0 Å². The van der Waals surface area contributed by atoms with Crippen molar-refractivity contribution < 1.29 is 0 Å². The summed E-state index contributed by atoms with van der Waals surface area (Å²) in [5, 5.41) is 3.60. The molecule has 0 atom stereocenters. The molecule has 0 aliphatic carbocycles. The first-order valence-corrected chi connectivity index (χ1v) is 1.49. The van der Waals surface area contributed by atoms with Crippen molar-refractivity contribution in [1.29, 1.82) is 0 Å². The van der Waals surface area contributed by atoms with E-state index in [0.29, 0.717) is 0 Å². The van der Waals surface area contributed by atoms with E-state index in [9.17, 15) is 0 Å². The summed E-state index contributed by atoms with van der Waals surface area (Å²) >= 11 is 0. The smallest absolute Gasteiger partial charge is 0.0536 e. The van der Waals surface area contributed by atoms with Crippen molar-refractivity contribution in [3.63, 3.8) is 0 Å². The van der Waals surface area contributed by atoms with Crippen molar-refractivity contribution in [2.75, 3.05) is 6.54 Å². The first-order valence-electron chi connectivity index (χ1n) is 1.49. The molecular formula is C2H6ClN3. The van der Waals surface area contributed by atoms with Crippen molar-refractivity contribution in [2.24, 2.45) is 5.10 Å². The van der Waals surface area contributed by atoms with Crippen LogP contribution < -0.4 is 11.0 Å². The van der Waals surface area contributed by atoms with Gasteiger partial charge in [-0.05, 0) is 0 Å². The number of hydrazine groups is 1. The van der Waals surface area contributed by atoms with E-state index in [2.05, 4.69) is 16.1 Å². The van der Waals surface area contributed by atoms with Crippen LogP contribution in [0.15, 0.2) is 5.10 Å². The molecule has 6 heavy (non-hydrogen) atoms. The molecule has 36 valence electrons. The number of hydrogen-bond donors (Lipinski definition) is 2. The van der Waals surface area contributed by atoms with Gasteiger partial charge in [-0.2, -0.15) is 5.10 Å². The van der Waals surface area contributed by atoms with Crippen LogP contribution in [0.2, 0.25) is 0 Å². The highest BCUT2D eigenvalue weighted by Gasteiger charge is 1.80. The fourth-order valence-corrected chi connectivity index (χ4v) is 0.228. The van der Waals surface area contributed by atoms with E-state index in [1.165, 1.54) is 0 Å². The number of nitrogens with zero attached hydrogens (tertiary/aromatic N) is 1. The van der Waals surface area contributed by atoms with E-state index in [0.717, 1.165) is 6.54 Å². The second-order valence-electron chi connectivity index (χ2n) is 0.804. The van der Waals surface area contributed by atoms with Crippen molar-refractivity contribution in [1.82, 2.24) is 11.0 Å². The van der Waals surface area contributed by atoms with Gasteiger partial charge >= 0.3 is 0 Å². The lowest BCUT2D eigenvalue weighted by Crippen LogP contribution is -2.19. The number of hydrazone groups is 1. The van der Waals surface area contributed by atoms with Crippen molar-refractivity contribution in [3.05, 3.63) is 0 Å². The van der Waals surface area contributed by atoms with Crippen LogP contribution in [0.25, 0.3) is 0 Å². The first kappa shape index (κ1) is 5.72. The largest absolute Gasteiger partial charge is 0.243 e. The summed E-state index contributed by atoms with van der Waals surface area (Å²) in [6.07, 6.45) is 1.76. The lowest BCUT2D eigenvalue weighted by atomic mass is 10.8. The Morgan fingerprint density at radius 2 is 2.50 bits per heavy atom. The zero-order chi connectivity index (χ0) is 3.54. The molecule has 0 unspecified atom stereocenters. The van der Waals surface area contributed by atoms with Crippen LogP contribution in [-0.4, -0.2) is 12.8 Å². The predicted molar refractivity (Wildman–Crippen MR) is 26.9 cm³/mol. The summed E-state index contributed by atoms with van der Waals surface area (Å²) in [5.41, 5.74) is 5.29. The summed E-state index contributed by atoms with van der Waals surface area (Å²) in [5.74, 6) is 0. The normalized spacial score (nSPS) is 16.0. The predicted octanol–water partition coefficient (Wildman–Crippen LogP) is -0.498. The maximum absolute atomic E-state index is 3.60. The molecule has 0 saturated carbocycles. The fraction of sp³-hybridized carbons (Fsp3) is 0.500. The van der Waals surface area contributed by atoms with Gasteiger partial charge in [-0.1, -0.05) is 0 Å². The Bertz CT molecular complexity index is 46.8. The second-order valence-corrected chi connectivity index (χ2v) is 0.804. The number of nitrogens with one attached hydrogen (secondary N) is 2. The van der Waals surface area contributed by atoms with Crippen molar-refractivity contribution in [3.8, 4) is 0 Å². The Kier molecular flexibility index (Phi) is 2.80. The summed E-state index contributed by atoms with van der Waals surface area (Å²) in [7, 11) is 0. The highest BCUT2D eigenvalue weighted by Crippen LogP contribution is 1.57. The molecule has 0 amide bonds. The van der Waals surface area contributed by atoms with Crippen molar-refractivity contribution in [2.45, 2.75) is 0 Å². The SMILES string of the molecule is C1=NNNC1.Cl. The van der Waals surface area contributed by atoms with E-state index < -0.39 is 0 Å². The molecule has 0 aromatic carbocycles. The molecular weight excluding hydrogens is 101 g/mol. The van der Waals surface area contributed by atoms with Gasteiger partial charge in [0.25, 0.3) is 0 Å². The van der Waals surface area contributed by atoms with E-state index in [1.54, 1.807) is 6.21 Å². The number of rotatable bonds is 0. The topological polar surface area (TPSA) is 36.4 Å². The van der Waals surface area contributed by atoms with Gasteiger partial charge < -0.3 is 0 Å². The van der Waals surface area contributed by atoms with E-state index in [4.69, 9.17) is 0 Å². The standard InChI is InChI=1S/C2H5N3.ClH/c1-2-4-5-3-1;/h1,4-5H,2H2;1H. The van der Waals surface area contributed by atoms with Crippen LogP contribution in [0.5, 0.6) is 0 Å². The Hall–Kier alpha value is -0.280. The van der Waals surface area contributed by atoms with Crippen LogP contribution >= 0.6 is 12.4 Å². The van der Waals surface area contributed by atoms with E-state index >= 15 is 0 Å². The second kappa shape index (κ2) is 2.93. The summed E-state index contributed by atoms with van der Waals surface area (Å²) in [6, 6.07) is 0. The minimum Gasteiger partial charge on any atom is -0.243 e. The van der Waals surface area contributed by atoms with Gasteiger partial charge in [0.05, 0.1) is 6.54 Å². The monoisotopic (exact) mass is 107 g/mol. The minimum atomic E-state index is 0. The van der Waals surface area contributed by atoms with Gasteiger partial charge in [0.2, 0.25) is 0 Å². The van der Waals surface area contributed by atoms with Crippen LogP contribution in [0.3, 0.4) is 0 Å². The van der Waals surface area contributed by atoms with Crippen LogP contribution in [0.1, 0.15) is 0 Å². The average molecular weight is 108 g/mol. The van der Waals surface area contributed by atoms with Gasteiger partial charge in [0, 0.05) is 6.21 Å². The molecule has 0 fully saturated rings. The lowest BCUT2D eigenvalue weighted by Gasteiger charge is -1.81. The molecule has 0 radical (unpaired) electrons. The van der Waals surface area contributed by atoms with Gasteiger partial charge in [-0.25, -0.2) is 11.0 Å². The highest BCUT2D eigenvalue weighted by atomic mass is 35.5. The van der Waals surface area contributed by atoms with Crippen LogP contribution in [0.4, 0.5) is 0 Å². The van der Waals surface area contributed by atoms with Gasteiger partial charge in [0.1, 0.15) is 0 Å². The maximum atomic E-state index is 3.60. The average Bonchev–Trinajstić information content (AvgIpc) is 1.76. The molecule has 1 rings (SSSR count). The Balaban J connectivity index is 0.000000250. The third-order valence-electron chi connectivity index (χ3n) is 0.428. The summed E-state index contributed by atoms with van der Waals surface area (Å²) < 4.78 is 0. The molecule has 3 nitrogen and oxygen atoms in total. The highest BCUT2D eigenvalue weighted by molar-refractivity contribution is 5.85. The molecule has 1 aliphatic heterocycles. The molecule has 2 N–H and O–H groups in total. The Labute approximate surface area is 42.2 Å². The van der Waals surface area contributed by atoms with E-state index in [1.807, 2.05) is 0 Å². The lowest BCUT2D eigenvalue weighted by molar-refractivity contribution is 0.653. The summed E-state index contributed by atoms with van der Waals surface area (Å²) in [4.78, 5) is 0. The third-order valence-corrected chi connectivity index (χ3v) is 0.428. The molecule has 0 bridgehead atoms. The minimum absolute atomic E-state index is 0. The van der Waals surface area contributed by atoms with Crippen LogP contribution in [0, 0.1) is 0 Å². The first-order chi connectivity index (χ1) is 2.50. The maximum Gasteiger partial charge on any atom is 0.0536 e. The molecule has 0 aromatic rings. The van der Waals surface area contributed by atoms with Gasteiger partial charge in [-0.15, -0.1) is 12.4 Å². The number of halogens is 1. The molecule has 4 heteroatoms. The van der Waals surface area contributed by atoms with Crippen LogP contribution in [-0.2, 0) is 0 Å². The third kappa shape index (κ3) is 1.24. The van der Waals surface area contributed by atoms with Gasteiger partial charge in [-0.3, -0.25) is 0 Å². The molecule has 1 aliphatic rings. The quantitative estimate of drug-likeness (QED) is 0.438. The number of hydrogen-bond acceptors (Lipinski definition) is 3. The molecule has 1 heterocycles. The molecule has 0 aromatic heterocycles. The zero-order valence-electron chi connectivity index (χ0n) is 3.14. The summed E-state index contributed by atoms with van der Waals surface area (Å²) in [6.45, 7) is 0.847. The fourth-order valence-electron chi connectivity index (χ4n) is 0.228.